The SMILES string of the molecule is CCOc1cccc(Nc2ccccc2C(C)N)n1. The molecule has 1 aromatic carbocycles. The van der Waals surface area contributed by atoms with Crippen LogP contribution in [0.15, 0.2) is 42.5 Å². The largest absolute Gasteiger partial charge is 0.478 e. The van der Waals surface area contributed by atoms with E-state index in [1.54, 1.807) is 0 Å². The molecule has 4 nitrogen and oxygen atoms in total. The van der Waals surface area contributed by atoms with E-state index in [1.165, 1.54) is 0 Å². The van der Waals surface area contributed by atoms with Crippen molar-refractivity contribution in [3.05, 3.63) is 48.0 Å². The minimum Gasteiger partial charge on any atom is -0.478 e. The standard InChI is InChI=1S/C15H19N3O/c1-3-19-15-10-6-9-14(18-15)17-13-8-5-4-7-12(13)11(2)16/h4-11H,3,16H2,1-2H3,(H,17,18). The number of nitrogens with one attached hydrogen (secondary N) is 1. The number of para-hydroxylation sites is 1. The Hall–Kier alpha value is -2.07. The molecular formula is C15H19N3O. The van der Waals surface area contributed by atoms with Gasteiger partial charge in [0.15, 0.2) is 0 Å². The van der Waals surface area contributed by atoms with Crippen molar-refractivity contribution in [2.45, 2.75) is 19.9 Å². The minimum atomic E-state index is -0.0289. The van der Waals surface area contributed by atoms with Crippen molar-refractivity contribution < 1.29 is 4.74 Å². The van der Waals surface area contributed by atoms with E-state index in [-0.39, 0.29) is 6.04 Å². The van der Waals surface area contributed by atoms with Gasteiger partial charge in [0.2, 0.25) is 5.88 Å². The average molecular weight is 257 g/mol. The zero-order valence-corrected chi connectivity index (χ0v) is 11.3. The molecule has 0 saturated carbocycles. The summed E-state index contributed by atoms with van der Waals surface area (Å²) in [7, 11) is 0. The van der Waals surface area contributed by atoms with Crippen LogP contribution in [0.1, 0.15) is 25.5 Å². The molecule has 19 heavy (non-hydrogen) atoms. The summed E-state index contributed by atoms with van der Waals surface area (Å²) in [5.41, 5.74) is 7.99. The van der Waals surface area contributed by atoms with Crippen LogP contribution in [0.5, 0.6) is 5.88 Å². The highest BCUT2D eigenvalue weighted by atomic mass is 16.5. The maximum Gasteiger partial charge on any atom is 0.215 e. The first-order chi connectivity index (χ1) is 9.20. The van der Waals surface area contributed by atoms with Crippen LogP contribution in [0, 0.1) is 0 Å². The van der Waals surface area contributed by atoms with Crippen molar-refractivity contribution in [2.24, 2.45) is 5.73 Å². The lowest BCUT2D eigenvalue weighted by Crippen LogP contribution is -2.08. The van der Waals surface area contributed by atoms with E-state index in [0.29, 0.717) is 12.5 Å². The van der Waals surface area contributed by atoms with Gasteiger partial charge in [-0.3, -0.25) is 0 Å². The fourth-order valence-electron chi connectivity index (χ4n) is 1.86. The molecule has 3 N–H and O–H groups in total. The van der Waals surface area contributed by atoms with Gasteiger partial charge in [-0.25, -0.2) is 0 Å². The zero-order chi connectivity index (χ0) is 13.7. The van der Waals surface area contributed by atoms with Gasteiger partial charge in [-0.2, -0.15) is 4.98 Å². The first-order valence-corrected chi connectivity index (χ1v) is 6.42. The Morgan fingerprint density at radius 3 is 2.74 bits per heavy atom. The van der Waals surface area contributed by atoms with E-state index in [2.05, 4.69) is 10.3 Å². The van der Waals surface area contributed by atoms with Crippen LogP contribution in [-0.2, 0) is 0 Å². The molecule has 100 valence electrons. The van der Waals surface area contributed by atoms with Crippen LogP contribution in [0.3, 0.4) is 0 Å². The number of rotatable bonds is 5. The molecule has 0 aliphatic heterocycles. The molecule has 0 bridgehead atoms. The first-order valence-electron chi connectivity index (χ1n) is 6.42. The van der Waals surface area contributed by atoms with E-state index >= 15 is 0 Å². The predicted molar refractivity (Wildman–Crippen MR) is 77.7 cm³/mol. The molecule has 0 radical (unpaired) electrons. The fraction of sp³-hybridized carbons (Fsp3) is 0.267. The average Bonchev–Trinajstić information content (AvgIpc) is 2.40. The second kappa shape index (κ2) is 6.20. The summed E-state index contributed by atoms with van der Waals surface area (Å²) in [5.74, 6) is 1.37. The predicted octanol–water partition coefficient (Wildman–Crippen LogP) is 3.24. The zero-order valence-electron chi connectivity index (χ0n) is 11.3. The smallest absolute Gasteiger partial charge is 0.215 e. The molecule has 0 saturated heterocycles. The summed E-state index contributed by atoms with van der Waals surface area (Å²) in [5, 5.41) is 3.28. The second-order valence-corrected chi connectivity index (χ2v) is 4.30. The molecular weight excluding hydrogens is 238 g/mol. The van der Waals surface area contributed by atoms with Crippen LogP contribution in [0.25, 0.3) is 0 Å². The second-order valence-electron chi connectivity index (χ2n) is 4.30. The van der Waals surface area contributed by atoms with Gasteiger partial charge >= 0.3 is 0 Å². The number of anilines is 2. The van der Waals surface area contributed by atoms with Crippen molar-refractivity contribution >= 4 is 11.5 Å². The third kappa shape index (κ3) is 3.45. The minimum absolute atomic E-state index is 0.0289. The summed E-state index contributed by atoms with van der Waals surface area (Å²) in [6.07, 6.45) is 0. The lowest BCUT2D eigenvalue weighted by molar-refractivity contribution is 0.327. The number of aromatic nitrogens is 1. The molecule has 0 fully saturated rings. The number of hydrogen-bond acceptors (Lipinski definition) is 4. The number of benzene rings is 1. The Bertz CT molecular complexity index is 540. The molecule has 0 aliphatic carbocycles. The maximum absolute atomic E-state index is 5.96. The quantitative estimate of drug-likeness (QED) is 0.863. The summed E-state index contributed by atoms with van der Waals surface area (Å²) in [6, 6.07) is 13.6. The van der Waals surface area contributed by atoms with Crippen molar-refractivity contribution in [3.8, 4) is 5.88 Å². The Morgan fingerprint density at radius 2 is 2.00 bits per heavy atom. The Labute approximate surface area is 113 Å². The lowest BCUT2D eigenvalue weighted by Gasteiger charge is -2.14. The first kappa shape index (κ1) is 13.4. The molecule has 0 amide bonds. The number of nitrogens with two attached hydrogens (primary N) is 1. The molecule has 1 aromatic heterocycles. The molecule has 1 atom stereocenters. The topological polar surface area (TPSA) is 60.2 Å². The molecule has 2 rings (SSSR count). The van der Waals surface area contributed by atoms with Gasteiger partial charge in [-0.05, 0) is 31.5 Å². The maximum atomic E-state index is 5.96. The van der Waals surface area contributed by atoms with Crippen molar-refractivity contribution in [2.75, 3.05) is 11.9 Å². The number of nitrogens with zero attached hydrogens (tertiary/aromatic N) is 1. The number of hydrogen-bond donors (Lipinski definition) is 2. The van der Waals surface area contributed by atoms with Crippen LogP contribution in [0.4, 0.5) is 11.5 Å². The van der Waals surface area contributed by atoms with Gasteiger partial charge in [0.25, 0.3) is 0 Å². The third-order valence-corrected chi connectivity index (χ3v) is 2.73. The van der Waals surface area contributed by atoms with Crippen LogP contribution < -0.4 is 15.8 Å². The van der Waals surface area contributed by atoms with Gasteiger partial charge in [0.05, 0.1) is 6.61 Å². The summed E-state index contributed by atoms with van der Waals surface area (Å²) in [4.78, 5) is 4.38. The van der Waals surface area contributed by atoms with Crippen molar-refractivity contribution in [1.29, 1.82) is 0 Å². The Morgan fingerprint density at radius 1 is 1.21 bits per heavy atom. The van der Waals surface area contributed by atoms with Crippen molar-refractivity contribution in [3.63, 3.8) is 0 Å². The molecule has 4 heteroatoms. The van der Waals surface area contributed by atoms with Crippen molar-refractivity contribution in [1.82, 2.24) is 4.98 Å². The van der Waals surface area contributed by atoms with E-state index in [4.69, 9.17) is 10.5 Å². The van der Waals surface area contributed by atoms with Crippen LogP contribution in [0.2, 0.25) is 0 Å². The Kier molecular flexibility index (Phi) is 4.36. The highest BCUT2D eigenvalue weighted by molar-refractivity contribution is 5.61. The normalized spacial score (nSPS) is 11.9. The lowest BCUT2D eigenvalue weighted by atomic mass is 10.1. The number of pyridine rings is 1. The van der Waals surface area contributed by atoms with E-state index in [0.717, 1.165) is 17.1 Å². The Balaban J connectivity index is 2.23. The van der Waals surface area contributed by atoms with Gasteiger partial charge < -0.3 is 15.8 Å². The van der Waals surface area contributed by atoms with Crippen LogP contribution >= 0.6 is 0 Å². The highest BCUT2D eigenvalue weighted by Gasteiger charge is 2.07. The van der Waals surface area contributed by atoms with E-state index in [1.807, 2.05) is 56.3 Å². The molecule has 1 unspecified atom stereocenters. The van der Waals surface area contributed by atoms with E-state index in [9.17, 15) is 0 Å². The fourth-order valence-corrected chi connectivity index (χ4v) is 1.86. The van der Waals surface area contributed by atoms with Gasteiger partial charge in [-0.1, -0.05) is 24.3 Å². The molecule has 0 aliphatic rings. The summed E-state index contributed by atoms with van der Waals surface area (Å²) < 4.78 is 5.39. The van der Waals surface area contributed by atoms with Gasteiger partial charge in [0.1, 0.15) is 5.82 Å². The molecule has 1 heterocycles. The summed E-state index contributed by atoms with van der Waals surface area (Å²) in [6.45, 7) is 4.50. The van der Waals surface area contributed by atoms with Crippen LogP contribution in [-0.4, -0.2) is 11.6 Å². The molecule has 0 spiro atoms. The molecule has 2 aromatic rings. The summed E-state index contributed by atoms with van der Waals surface area (Å²) >= 11 is 0. The van der Waals surface area contributed by atoms with Gasteiger partial charge in [0, 0.05) is 17.8 Å². The van der Waals surface area contributed by atoms with E-state index < -0.39 is 0 Å². The number of ether oxygens (including phenoxy) is 1. The third-order valence-electron chi connectivity index (χ3n) is 2.73. The van der Waals surface area contributed by atoms with Gasteiger partial charge in [-0.15, -0.1) is 0 Å². The monoisotopic (exact) mass is 257 g/mol. The highest BCUT2D eigenvalue weighted by Crippen LogP contribution is 2.24.